The fourth-order valence-electron chi connectivity index (χ4n) is 10.9. The van der Waals surface area contributed by atoms with Crippen LogP contribution in [0.25, 0.3) is 44.2 Å². The van der Waals surface area contributed by atoms with E-state index in [4.69, 9.17) is 0 Å². The van der Waals surface area contributed by atoms with E-state index >= 15 is 0 Å². The molecule has 10 aromatic carbocycles. The summed E-state index contributed by atoms with van der Waals surface area (Å²) in [7, 11) is 0. The summed E-state index contributed by atoms with van der Waals surface area (Å²) < 4.78 is 0. The lowest BCUT2D eigenvalue weighted by Crippen LogP contribution is -2.28. The maximum atomic E-state index is 2.52. The minimum atomic E-state index is -0.445. The zero-order valence-electron chi connectivity index (χ0n) is 44.3. The summed E-state index contributed by atoms with van der Waals surface area (Å²) in [6.45, 7) is 21.9. The Hall–Kier alpha value is -7.54. The van der Waals surface area contributed by atoms with Crippen LogP contribution in [0.15, 0.2) is 231 Å². The zero-order chi connectivity index (χ0) is 50.8. The molecular weight excluding hydrogens is 865 g/mol. The molecule has 0 radical (unpaired) electrons. The predicted molar refractivity (Wildman–Crippen MR) is 313 cm³/mol. The minimum Gasteiger partial charge on any atom is -0.0683 e. The van der Waals surface area contributed by atoms with Gasteiger partial charge in [0.2, 0.25) is 0 Å². The van der Waals surface area contributed by atoms with E-state index < -0.39 is 5.41 Å². The van der Waals surface area contributed by atoms with Gasteiger partial charge in [-0.1, -0.05) is 270 Å². The van der Waals surface area contributed by atoms with Gasteiger partial charge in [-0.25, -0.2) is 0 Å². The van der Waals surface area contributed by atoms with E-state index in [0.717, 1.165) is 6.42 Å². The highest BCUT2D eigenvalue weighted by Gasteiger charge is 2.47. The molecule has 0 nitrogen and oxygen atoms in total. The van der Waals surface area contributed by atoms with Gasteiger partial charge < -0.3 is 0 Å². The minimum absolute atomic E-state index is 0.445. The molecule has 10 aromatic rings. The molecule has 0 aromatic heterocycles. The fourth-order valence-corrected chi connectivity index (χ4v) is 10.9. The van der Waals surface area contributed by atoms with Gasteiger partial charge in [-0.3, -0.25) is 0 Å². The summed E-state index contributed by atoms with van der Waals surface area (Å²) in [4.78, 5) is 0. The summed E-state index contributed by atoms with van der Waals surface area (Å²) in [5.41, 5.74) is 23.7. The van der Waals surface area contributed by atoms with Gasteiger partial charge in [0.25, 0.3) is 0 Å². The number of aryl methyl sites for hydroxylation is 4. The normalized spacial score (nSPS) is 12.3. The number of rotatable bonds is 8. The quantitative estimate of drug-likeness (QED) is 0.142. The van der Waals surface area contributed by atoms with Crippen molar-refractivity contribution in [3.05, 3.63) is 297 Å². The van der Waals surface area contributed by atoms with Crippen LogP contribution in [-0.2, 0) is 11.8 Å². The van der Waals surface area contributed by atoms with Gasteiger partial charge in [-0.15, -0.1) is 0 Å². The third-order valence-corrected chi connectivity index (χ3v) is 14.6. The lowest BCUT2D eigenvalue weighted by molar-refractivity contribution is 0.747. The van der Waals surface area contributed by atoms with Crippen molar-refractivity contribution < 1.29 is 0 Å². The van der Waals surface area contributed by atoms with Crippen LogP contribution in [0.1, 0.15) is 113 Å². The Balaban J connectivity index is 0.000000204. The van der Waals surface area contributed by atoms with Crippen LogP contribution in [0.5, 0.6) is 0 Å². The van der Waals surface area contributed by atoms with Crippen molar-refractivity contribution in [2.24, 2.45) is 0 Å². The Morgan fingerprint density at radius 1 is 0.375 bits per heavy atom. The van der Waals surface area contributed by atoms with E-state index in [9.17, 15) is 0 Å². The molecule has 0 saturated carbocycles. The van der Waals surface area contributed by atoms with Gasteiger partial charge in [0.1, 0.15) is 0 Å². The molecule has 11 rings (SSSR count). The summed E-state index contributed by atoms with van der Waals surface area (Å²) in [5, 5.41) is 2.60. The Kier molecular flexibility index (Phi) is 16.3. The first-order valence-electron chi connectivity index (χ1n) is 26.2. The Labute approximate surface area is 432 Å². The van der Waals surface area contributed by atoms with Crippen molar-refractivity contribution in [1.82, 2.24) is 0 Å². The first kappa shape index (κ1) is 50.8. The second kappa shape index (κ2) is 23.1. The van der Waals surface area contributed by atoms with E-state index in [1.54, 1.807) is 0 Å². The topological polar surface area (TPSA) is 0 Å². The summed E-state index contributed by atoms with van der Waals surface area (Å²) >= 11 is 0. The van der Waals surface area contributed by atoms with Crippen LogP contribution in [0.4, 0.5) is 0 Å². The monoisotopic (exact) mass is 937 g/mol. The van der Waals surface area contributed by atoms with Crippen molar-refractivity contribution in [1.29, 1.82) is 0 Å². The van der Waals surface area contributed by atoms with Crippen LogP contribution in [-0.4, -0.2) is 0 Å². The summed E-state index contributed by atoms with van der Waals surface area (Å²) in [5.74, 6) is 1.17. The first-order chi connectivity index (χ1) is 35.1. The van der Waals surface area contributed by atoms with Crippen LogP contribution in [0, 0.1) is 34.6 Å². The molecular formula is C72H72. The van der Waals surface area contributed by atoms with Gasteiger partial charge in [0, 0.05) is 0 Å². The van der Waals surface area contributed by atoms with Crippen molar-refractivity contribution in [2.75, 3.05) is 0 Å². The van der Waals surface area contributed by atoms with E-state index in [1.807, 2.05) is 32.0 Å². The molecule has 0 N–H and O–H groups in total. The maximum absolute atomic E-state index is 2.52. The number of hydrogen-bond acceptors (Lipinski definition) is 0. The second-order valence-electron chi connectivity index (χ2n) is 19.7. The zero-order valence-corrected chi connectivity index (χ0v) is 44.3. The molecule has 0 aliphatic heterocycles. The van der Waals surface area contributed by atoms with Crippen LogP contribution < -0.4 is 0 Å². The summed E-state index contributed by atoms with van der Waals surface area (Å²) in [6.07, 6.45) is 1.11. The average molecular weight is 937 g/mol. The second-order valence-corrected chi connectivity index (χ2v) is 19.7. The molecule has 0 heterocycles. The van der Waals surface area contributed by atoms with Gasteiger partial charge in [-0.05, 0) is 159 Å². The average Bonchev–Trinajstić information content (AvgIpc) is 3.71. The molecule has 1 aliphatic rings. The molecule has 0 bridgehead atoms. The van der Waals surface area contributed by atoms with Gasteiger partial charge >= 0.3 is 0 Å². The Morgan fingerprint density at radius 3 is 1.49 bits per heavy atom. The van der Waals surface area contributed by atoms with Crippen LogP contribution in [0.3, 0.4) is 0 Å². The van der Waals surface area contributed by atoms with Crippen molar-refractivity contribution in [2.45, 2.75) is 92.9 Å². The maximum Gasteiger partial charge on any atom is 0.0714 e. The molecule has 360 valence electrons. The largest absolute Gasteiger partial charge is 0.0714 e. The lowest BCUT2D eigenvalue weighted by Gasteiger charge is -2.34. The van der Waals surface area contributed by atoms with E-state index in [0.29, 0.717) is 11.8 Å². The highest BCUT2D eigenvalue weighted by atomic mass is 14.5. The molecule has 1 aliphatic carbocycles. The molecule has 0 spiro atoms. The molecule has 0 heteroatoms. The van der Waals surface area contributed by atoms with Gasteiger partial charge in [0.15, 0.2) is 0 Å². The molecule has 0 amide bonds. The third-order valence-electron chi connectivity index (χ3n) is 14.6. The van der Waals surface area contributed by atoms with Crippen molar-refractivity contribution in [3.63, 3.8) is 0 Å². The highest BCUT2D eigenvalue weighted by molar-refractivity contribution is 6.10. The van der Waals surface area contributed by atoms with Crippen molar-refractivity contribution >= 4 is 10.8 Å². The van der Waals surface area contributed by atoms with Gasteiger partial charge in [0.05, 0.1) is 5.41 Å². The van der Waals surface area contributed by atoms with Crippen LogP contribution in [0.2, 0.25) is 0 Å². The number of benzene rings is 10. The lowest BCUT2D eigenvalue weighted by atomic mass is 9.67. The summed E-state index contributed by atoms with van der Waals surface area (Å²) in [6, 6.07) is 84.3. The van der Waals surface area contributed by atoms with Gasteiger partial charge in [-0.2, -0.15) is 0 Å². The van der Waals surface area contributed by atoms with E-state index in [-0.39, 0.29) is 0 Å². The Bertz CT molecular complexity index is 3320. The molecule has 1 atom stereocenters. The number of hydrogen-bond donors (Lipinski definition) is 0. The molecule has 0 saturated heterocycles. The molecule has 72 heavy (non-hydrogen) atoms. The number of fused-ring (bicyclic) bond motifs is 5. The predicted octanol–water partition coefficient (Wildman–Crippen LogP) is 19.9. The van der Waals surface area contributed by atoms with Crippen molar-refractivity contribution in [3.8, 4) is 33.4 Å². The third kappa shape index (κ3) is 10.4. The first-order valence-corrected chi connectivity index (χ1v) is 26.2. The standard InChI is InChI=1S/C44H34.C19H24.C7H8.C2H6/c1-29-25-26-39-41(27-29)44(32-16-6-4-7-17-32,33-18-8-5-9-19-33)42-28-40(37-21-12-13-22-38(37)43(39)42)36-24-14-23-35(31(36)3)34-20-11-10-15-30(34)2;1-14(2)18-11-10-15(3)19(13-18)16(4)12-17-8-6-5-7-9-17;1-7-5-3-2-4-6-7;1-2/h4-28H,1-3H3;5-11,13-14,16H,12H2,1-4H3;2-6H,1H3;1-2H3. The highest BCUT2D eigenvalue weighted by Crippen LogP contribution is 2.59. The van der Waals surface area contributed by atoms with Crippen LogP contribution >= 0.6 is 0 Å². The van der Waals surface area contributed by atoms with E-state index in [1.165, 1.54) is 111 Å². The van der Waals surface area contributed by atoms with E-state index in [2.05, 4.69) is 268 Å². The Morgan fingerprint density at radius 2 is 0.903 bits per heavy atom. The molecule has 0 fully saturated rings. The smallest absolute Gasteiger partial charge is 0.0683 e. The molecule has 1 unspecified atom stereocenters. The SMILES string of the molecule is CC.Cc1ccc(C(C)C)cc1C(C)Cc1ccccc1.Cc1ccc2c(c1)C(c1ccccc1)(c1ccccc1)c1cc(-c3cccc(-c4ccccc4C)c3C)c3ccccc3c1-2.Cc1ccccc1. The fraction of sp³-hybridized carbons (Fsp3) is 0.194.